The van der Waals surface area contributed by atoms with Gasteiger partial charge in [-0.25, -0.2) is 14.3 Å². The van der Waals surface area contributed by atoms with Crippen molar-refractivity contribution in [2.24, 2.45) is 5.92 Å². The van der Waals surface area contributed by atoms with Gasteiger partial charge in [-0.3, -0.25) is 14.4 Å². The van der Waals surface area contributed by atoms with E-state index in [9.17, 15) is 29.1 Å². The lowest BCUT2D eigenvalue weighted by Gasteiger charge is -2.29. The molecule has 14 heteroatoms. The van der Waals surface area contributed by atoms with Crippen LogP contribution in [0, 0.1) is 5.92 Å². The average Bonchev–Trinajstić information content (AvgIpc) is 3.77. The van der Waals surface area contributed by atoms with Crippen molar-refractivity contribution in [3.8, 4) is 22.3 Å². The summed E-state index contributed by atoms with van der Waals surface area (Å²) in [6.07, 6.45) is 11.8. The molecule has 0 unspecified atom stereocenters. The van der Waals surface area contributed by atoms with Crippen LogP contribution in [0.15, 0.2) is 56.8 Å². The molecule has 2 aliphatic carbocycles. The standard InChI is InChI=1S/C36H41N5O7S2/c42-31-29-16-25(41-33(44)30(23-13-15-50-21-23)27(18-37-41)22-12-14-49-20-22)19-40(29)32(43)28(38-35(47)48-26-9-6-7-10-26)11-5-3-1-2-4-8-24-17-36(24,39-31)34(45)46/h4,8,12-15,18,20-21,24-26,28-29H,1-3,5-7,9-11,16-17,19H2,(H,38,47)(H,39,42)(H,45,46)/b8-4-/t24-,25-,28-,29+,36+/m1/s1. The minimum Gasteiger partial charge on any atom is -0.479 e. The molecule has 264 valence electrons. The zero-order chi connectivity index (χ0) is 34.8. The number of carboxylic acid groups (broad SMARTS) is 1. The molecule has 0 radical (unpaired) electrons. The van der Waals surface area contributed by atoms with Gasteiger partial charge in [-0.15, -0.1) is 0 Å². The van der Waals surface area contributed by atoms with Crippen LogP contribution < -0.4 is 16.2 Å². The van der Waals surface area contributed by atoms with Gasteiger partial charge in [0.2, 0.25) is 11.8 Å². The molecule has 0 bridgehead atoms. The number of hydrogen-bond acceptors (Lipinski definition) is 9. The van der Waals surface area contributed by atoms with Crippen molar-refractivity contribution in [3.05, 3.63) is 62.4 Å². The second kappa shape index (κ2) is 14.5. The summed E-state index contributed by atoms with van der Waals surface area (Å²) < 4.78 is 7.00. The lowest BCUT2D eigenvalue weighted by molar-refractivity contribution is -0.145. The highest BCUT2D eigenvalue weighted by atomic mass is 32.1. The van der Waals surface area contributed by atoms with Crippen LogP contribution in [0.25, 0.3) is 22.3 Å². The highest BCUT2D eigenvalue weighted by Crippen LogP contribution is 2.45. The van der Waals surface area contributed by atoms with Crippen molar-refractivity contribution in [1.82, 2.24) is 25.3 Å². The highest BCUT2D eigenvalue weighted by molar-refractivity contribution is 7.08. The Labute approximate surface area is 297 Å². The Bertz CT molecular complexity index is 1820. The van der Waals surface area contributed by atoms with Crippen LogP contribution in [0.4, 0.5) is 4.79 Å². The van der Waals surface area contributed by atoms with E-state index in [0.717, 1.165) is 56.1 Å². The molecular formula is C36H41N5O7S2. The first kappa shape index (κ1) is 34.2. The molecule has 3 N–H and O–H groups in total. The van der Waals surface area contributed by atoms with Crippen molar-refractivity contribution >= 4 is 46.6 Å². The summed E-state index contributed by atoms with van der Waals surface area (Å²) in [5.74, 6) is -2.57. The van der Waals surface area contributed by atoms with Crippen LogP contribution in [-0.4, -0.2) is 73.9 Å². The van der Waals surface area contributed by atoms with Crippen LogP contribution in [0.5, 0.6) is 0 Å². The predicted octanol–water partition coefficient (Wildman–Crippen LogP) is 5.36. The molecule has 7 rings (SSSR count). The molecule has 2 saturated carbocycles. The van der Waals surface area contributed by atoms with Crippen LogP contribution in [0.1, 0.15) is 76.7 Å². The Hall–Kier alpha value is -4.30. The van der Waals surface area contributed by atoms with Crippen molar-refractivity contribution in [3.63, 3.8) is 0 Å². The van der Waals surface area contributed by atoms with Crippen molar-refractivity contribution < 1.29 is 29.0 Å². The monoisotopic (exact) mass is 719 g/mol. The van der Waals surface area contributed by atoms with Crippen molar-refractivity contribution in [2.45, 2.75) is 100 Å². The SMILES string of the molecule is O=C(N[C@@H]1CCCCC/C=C\[C@@H]2C[C@]2(C(=O)O)NC(=O)[C@@H]2C[C@@H](n3ncc(-c4ccsc4)c(-c4ccsc4)c3=O)CN2C1=O)OC1CCCC1. The Kier molecular flexibility index (Phi) is 9.91. The number of carbonyl (C=O) groups is 4. The van der Waals surface area contributed by atoms with E-state index in [-0.39, 0.29) is 37.0 Å². The number of aliphatic carboxylic acids is 1. The van der Waals surface area contributed by atoms with Gasteiger partial charge in [0.1, 0.15) is 23.7 Å². The van der Waals surface area contributed by atoms with E-state index in [0.29, 0.717) is 24.0 Å². The van der Waals surface area contributed by atoms with Gasteiger partial charge in [-0.05, 0) is 96.1 Å². The normalized spacial score (nSPS) is 28.1. The van der Waals surface area contributed by atoms with E-state index in [1.807, 2.05) is 45.8 Å². The van der Waals surface area contributed by atoms with Crippen LogP contribution >= 0.6 is 22.7 Å². The maximum absolute atomic E-state index is 14.5. The summed E-state index contributed by atoms with van der Waals surface area (Å²) in [6.45, 7) is -0.0239. The van der Waals surface area contributed by atoms with Crippen molar-refractivity contribution in [1.29, 1.82) is 0 Å². The van der Waals surface area contributed by atoms with Gasteiger partial charge in [0, 0.05) is 24.4 Å². The lowest BCUT2D eigenvalue weighted by atomic mass is 10.0. The van der Waals surface area contributed by atoms with Gasteiger partial charge >= 0.3 is 12.1 Å². The lowest BCUT2D eigenvalue weighted by Crippen LogP contribution is -2.56. The zero-order valence-electron chi connectivity index (χ0n) is 27.6. The number of nitrogens with zero attached hydrogens (tertiary/aromatic N) is 3. The summed E-state index contributed by atoms with van der Waals surface area (Å²) >= 11 is 2.99. The molecular weight excluding hydrogens is 679 g/mol. The summed E-state index contributed by atoms with van der Waals surface area (Å²) in [5, 5.41) is 28.1. The summed E-state index contributed by atoms with van der Waals surface area (Å²) in [5.41, 5.74) is 0.969. The topological polar surface area (TPSA) is 160 Å². The molecule has 3 fully saturated rings. The van der Waals surface area contributed by atoms with E-state index in [1.165, 1.54) is 32.3 Å². The number of amides is 3. The highest BCUT2D eigenvalue weighted by Gasteiger charge is 2.61. The number of fused-ring (bicyclic) bond motifs is 2. The number of hydrogen-bond donors (Lipinski definition) is 3. The number of carbonyl (C=O) groups excluding carboxylic acids is 3. The summed E-state index contributed by atoms with van der Waals surface area (Å²) in [7, 11) is 0. The molecule has 3 aromatic rings. The van der Waals surface area contributed by atoms with Gasteiger partial charge < -0.3 is 25.4 Å². The first-order valence-corrected chi connectivity index (χ1v) is 19.3. The minimum absolute atomic E-state index is 0.0239. The number of carboxylic acids is 1. The molecule has 3 amide bonds. The van der Waals surface area contributed by atoms with Gasteiger partial charge in [-0.2, -0.15) is 27.8 Å². The molecule has 5 atom stereocenters. The molecule has 1 saturated heterocycles. The second-order valence-electron chi connectivity index (χ2n) is 13.8. The fourth-order valence-electron chi connectivity index (χ4n) is 7.64. The van der Waals surface area contributed by atoms with Gasteiger partial charge in [0.15, 0.2) is 0 Å². The zero-order valence-corrected chi connectivity index (χ0v) is 29.3. The number of allylic oxidation sites excluding steroid dienone is 1. The fourth-order valence-corrected chi connectivity index (χ4v) is 8.94. The third kappa shape index (κ3) is 6.87. The first-order chi connectivity index (χ1) is 24.2. The largest absolute Gasteiger partial charge is 0.479 e. The first-order valence-electron chi connectivity index (χ1n) is 17.4. The molecule has 5 heterocycles. The predicted molar refractivity (Wildman–Crippen MR) is 189 cm³/mol. The maximum atomic E-state index is 14.5. The number of alkyl carbamates (subject to hydrolysis) is 1. The van der Waals surface area contributed by atoms with Gasteiger partial charge in [-0.1, -0.05) is 25.0 Å². The third-order valence-electron chi connectivity index (χ3n) is 10.5. The number of aromatic nitrogens is 2. The van der Waals surface area contributed by atoms with Gasteiger partial charge in [0.25, 0.3) is 5.56 Å². The molecule has 0 spiro atoms. The van der Waals surface area contributed by atoms with E-state index >= 15 is 0 Å². The number of nitrogens with one attached hydrogen (secondary N) is 2. The van der Waals surface area contributed by atoms with Crippen molar-refractivity contribution in [2.75, 3.05) is 6.54 Å². The summed E-state index contributed by atoms with van der Waals surface area (Å²) in [6, 6.07) is 1.07. The maximum Gasteiger partial charge on any atom is 0.408 e. The molecule has 12 nitrogen and oxygen atoms in total. The van der Waals surface area contributed by atoms with Gasteiger partial charge in [0.05, 0.1) is 17.8 Å². The average molecular weight is 720 g/mol. The Morgan fingerprint density at radius 2 is 1.74 bits per heavy atom. The van der Waals surface area contributed by atoms with E-state index in [4.69, 9.17) is 4.74 Å². The Balaban J connectivity index is 1.23. The quantitative estimate of drug-likeness (QED) is 0.287. The van der Waals surface area contributed by atoms with E-state index < -0.39 is 47.5 Å². The smallest absolute Gasteiger partial charge is 0.408 e. The van der Waals surface area contributed by atoms with E-state index in [1.54, 1.807) is 6.20 Å². The van der Waals surface area contributed by atoms with Crippen LogP contribution in [0.2, 0.25) is 0 Å². The Morgan fingerprint density at radius 1 is 1.00 bits per heavy atom. The third-order valence-corrected chi connectivity index (χ3v) is 11.9. The molecule has 4 aliphatic rings. The fraction of sp³-hybridized carbons (Fsp3) is 0.500. The van der Waals surface area contributed by atoms with E-state index in [2.05, 4.69) is 15.7 Å². The molecule has 2 aliphatic heterocycles. The van der Waals surface area contributed by atoms with Crippen LogP contribution in [-0.2, 0) is 19.1 Å². The molecule has 50 heavy (non-hydrogen) atoms. The molecule has 0 aromatic carbocycles. The Morgan fingerprint density at radius 3 is 2.46 bits per heavy atom. The minimum atomic E-state index is -1.47. The number of ether oxygens (including phenoxy) is 1. The number of rotatable bonds is 6. The number of thiophene rings is 2. The summed E-state index contributed by atoms with van der Waals surface area (Å²) in [4.78, 5) is 69.8. The second-order valence-corrected chi connectivity index (χ2v) is 15.3. The molecule has 3 aromatic heterocycles. The van der Waals surface area contributed by atoms with Crippen LogP contribution in [0.3, 0.4) is 0 Å².